The highest BCUT2D eigenvalue weighted by molar-refractivity contribution is 6.17. The standard InChI is InChI=1S/C21H18N2O5/c1-26-18-11-13-8-9-22-20(16(13)12-19(18)27-2)15-6-3-5-14(21(15)23(24)25)17-7-4-10-28-17/h3-7,10-12H,8-9H2,1-2H3. The SMILES string of the molecule is COc1cc2c(cc1OC)C(c1cccc(-c3ccco3)c1[N+](=O)[O-])=NCC2. The Bertz CT molecular complexity index is 1070. The Kier molecular flexibility index (Phi) is 4.57. The zero-order chi connectivity index (χ0) is 19.7. The van der Waals surface area contributed by atoms with Gasteiger partial charge in [0.2, 0.25) is 0 Å². The molecule has 0 unspecified atom stereocenters. The quantitative estimate of drug-likeness (QED) is 0.489. The Balaban J connectivity index is 1.93. The van der Waals surface area contributed by atoms with Crippen LogP contribution in [0.5, 0.6) is 11.5 Å². The average molecular weight is 378 g/mol. The van der Waals surface area contributed by atoms with Gasteiger partial charge in [0.1, 0.15) is 5.76 Å². The summed E-state index contributed by atoms with van der Waals surface area (Å²) in [7, 11) is 3.14. The van der Waals surface area contributed by atoms with Crippen LogP contribution in [0.25, 0.3) is 11.3 Å². The van der Waals surface area contributed by atoms with Gasteiger partial charge in [0.25, 0.3) is 5.69 Å². The number of hydrogen-bond donors (Lipinski definition) is 0. The molecule has 0 spiro atoms. The van der Waals surface area contributed by atoms with E-state index in [9.17, 15) is 10.1 Å². The summed E-state index contributed by atoms with van der Waals surface area (Å²) in [5.41, 5.74) is 3.24. The van der Waals surface area contributed by atoms with Crippen molar-refractivity contribution >= 4 is 11.4 Å². The van der Waals surface area contributed by atoms with Gasteiger partial charge in [0.05, 0.1) is 42.2 Å². The van der Waals surface area contributed by atoms with Gasteiger partial charge in [0, 0.05) is 12.1 Å². The second-order valence-corrected chi connectivity index (χ2v) is 6.28. The minimum atomic E-state index is -0.384. The smallest absolute Gasteiger partial charge is 0.289 e. The molecule has 0 saturated carbocycles. The molecule has 0 amide bonds. The molecule has 1 aliphatic heterocycles. The Labute approximate surface area is 161 Å². The van der Waals surface area contributed by atoms with Crippen molar-refractivity contribution in [3.63, 3.8) is 0 Å². The Morgan fingerprint density at radius 3 is 2.46 bits per heavy atom. The lowest BCUT2D eigenvalue weighted by Gasteiger charge is -2.20. The predicted octanol–water partition coefficient (Wildman–Crippen LogP) is 4.27. The van der Waals surface area contributed by atoms with Gasteiger partial charge in [-0.1, -0.05) is 6.07 Å². The Morgan fingerprint density at radius 1 is 1.04 bits per heavy atom. The number of nitro benzene ring substituents is 1. The van der Waals surface area contributed by atoms with Gasteiger partial charge in [-0.15, -0.1) is 0 Å². The molecule has 3 aromatic rings. The minimum absolute atomic E-state index is 0.0289. The van der Waals surface area contributed by atoms with Crippen LogP contribution in [0.3, 0.4) is 0 Å². The highest BCUT2D eigenvalue weighted by Gasteiger charge is 2.28. The molecule has 142 valence electrons. The van der Waals surface area contributed by atoms with Crippen molar-refractivity contribution in [3.8, 4) is 22.8 Å². The first-order chi connectivity index (χ1) is 13.6. The van der Waals surface area contributed by atoms with Gasteiger partial charge in [-0.05, 0) is 48.4 Å². The molecule has 7 heteroatoms. The van der Waals surface area contributed by atoms with Crippen molar-refractivity contribution in [2.45, 2.75) is 6.42 Å². The van der Waals surface area contributed by atoms with Crippen LogP contribution in [0.4, 0.5) is 5.69 Å². The maximum Gasteiger partial charge on any atom is 0.289 e. The molecular formula is C21H18N2O5. The van der Waals surface area contributed by atoms with Gasteiger partial charge < -0.3 is 13.9 Å². The molecule has 1 aromatic heterocycles. The number of hydrogen-bond acceptors (Lipinski definition) is 6. The van der Waals surface area contributed by atoms with E-state index in [0.29, 0.717) is 40.6 Å². The molecule has 7 nitrogen and oxygen atoms in total. The van der Waals surface area contributed by atoms with Gasteiger partial charge >= 0.3 is 0 Å². The molecule has 28 heavy (non-hydrogen) atoms. The highest BCUT2D eigenvalue weighted by Crippen LogP contribution is 2.38. The van der Waals surface area contributed by atoms with Gasteiger partial charge in [0.15, 0.2) is 11.5 Å². The van der Waals surface area contributed by atoms with Crippen molar-refractivity contribution in [3.05, 3.63) is 75.5 Å². The molecule has 0 N–H and O–H groups in total. The summed E-state index contributed by atoms with van der Waals surface area (Å²) in [6.07, 6.45) is 2.22. The summed E-state index contributed by atoms with van der Waals surface area (Å²) in [5, 5.41) is 12.0. The number of para-hydroxylation sites is 1. The van der Waals surface area contributed by atoms with Gasteiger partial charge in [-0.2, -0.15) is 0 Å². The first-order valence-electron chi connectivity index (χ1n) is 8.75. The molecule has 4 rings (SSSR count). The predicted molar refractivity (Wildman–Crippen MR) is 105 cm³/mol. The van der Waals surface area contributed by atoms with Crippen LogP contribution in [0, 0.1) is 10.1 Å². The van der Waals surface area contributed by atoms with Crippen LogP contribution in [0.1, 0.15) is 16.7 Å². The van der Waals surface area contributed by atoms with Crippen LogP contribution in [0.15, 0.2) is 58.1 Å². The van der Waals surface area contributed by atoms with Crippen molar-refractivity contribution in [2.24, 2.45) is 4.99 Å². The zero-order valence-corrected chi connectivity index (χ0v) is 15.5. The summed E-state index contributed by atoms with van der Waals surface area (Å²) >= 11 is 0. The molecule has 2 heterocycles. The summed E-state index contributed by atoms with van der Waals surface area (Å²) in [6, 6.07) is 12.3. The molecule has 0 bridgehead atoms. The summed E-state index contributed by atoms with van der Waals surface area (Å²) in [6.45, 7) is 0.542. The van der Waals surface area contributed by atoms with E-state index in [-0.39, 0.29) is 10.6 Å². The van der Waals surface area contributed by atoms with Crippen molar-refractivity contribution in [2.75, 3.05) is 20.8 Å². The Morgan fingerprint density at radius 2 is 1.79 bits per heavy atom. The largest absolute Gasteiger partial charge is 0.493 e. The average Bonchev–Trinajstić information content (AvgIpc) is 3.26. The number of nitro groups is 1. The van der Waals surface area contributed by atoms with Crippen molar-refractivity contribution in [1.82, 2.24) is 0 Å². The van der Waals surface area contributed by atoms with Crippen LogP contribution >= 0.6 is 0 Å². The van der Waals surface area contributed by atoms with Crippen LogP contribution in [-0.2, 0) is 6.42 Å². The van der Waals surface area contributed by atoms with Gasteiger partial charge in [-0.25, -0.2) is 0 Å². The molecule has 1 aliphatic rings. The summed E-state index contributed by atoms with van der Waals surface area (Å²) in [4.78, 5) is 16.2. The fourth-order valence-electron chi connectivity index (χ4n) is 3.51. The topological polar surface area (TPSA) is 87.1 Å². The number of aliphatic imine (C=N–C) groups is 1. The summed E-state index contributed by atoms with van der Waals surface area (Å²) < 4.78 is 16.2. The van der Waals surface area contributed by atoms with E-state index in [4.69, 9.17) is 13.9 Å². The lowest BCUT2D eigenvalue weighted by Crippen LogP contribution is -2.16. The van der Waals surface area contributed by atoms with Crippen LogP contribution in [-0.4, -0.2) is 31.4 Å². The molecule has 0 aliphatic carbocycles. The number of ether oxygens (including phenoxy) is 2. The van der Waals surface area contributed by atoms with Crippen molar-refractivity contribution < 1.29 is 18.8 Å². The highest BCUT2D eigenvalue weighted by atomic mass is 16.6. The van der Waals surface area contributed by atoms with E-state index in [1.165, 1.54) is 6.26 Å². The van der Waals surface area contributed by atoms with E-state index >= 15 is 0 Å². The fraction of sp³-hybridized carbons (Fsp3) is 0.190. The first-order valence-corrected chi connectivity index (χ1v) is 8.75. The second kappa shape index (κ2) is 7.19. The summed E-state index contributed by atoms with van der Waals surface area (Å²) in [5.74, 6) is 1.62. The molecule has 2 aromatic carbocycles. The zero-order valence-electron chi connectivity index (χ0n) is 15.5. The molecule has 0 fully saturated rings. The number of benzene rings is 2. The minimum Gasteiger partial charge on any atom is -0.493 e. The number of methoxy groups -OCH3 is 2. The van der Waals surface area contributed by atoms with E-state index < -0.39 is 0 Å². The van der Waals surface area contributed by atoms with Crippen molar-refractivity contribution in [1.29, 1.82) is 0 Å². The van der Waals surface area contributed by atoms with E-state index in [1.54, 1.807) is 44.6 Å². The third-order valence-corrected chi connectivity index (χ3v) is 4.78. The number of nitrogens with zero attached hydrogens (tertiary/aromatic N) is 2. The van der Waals surface area contributed by atoms with E-state index in [0.717, 1.165) is 17.5 Å². The Hall–Kier alpha value is -3.61. The van der Waals surface area contributed by atoms with Crippen LogP contribution in [0.2, 0.25) is 0 Å². The third-order valence-electron chi connectivity index (χ3n) is 4.78. The molecule has 0 radical (unpaired) electrons. The third kappa shape index (κ3) is 2.90. The lowest BCUT2D eigenvalue weighted by atomic mass is 9.90. The molecule has 0 atom stereocenters. The lowest BCUT2D eigenvalue weighted by molar-refractivity contribution is -0.384. The number of rotatable bonds is 5. The maximum atomic E-state index is 12.0. The van der Waals surface area contributed by atoms with E-state index in [1.807, 2.05) is 12.1 Å². The first kappa shape index (κ1) is 17.8. The molecular weight excluding hydrogens is 360 g/mol. The second-order valence-electron chi connectivity index (χ2n) is 6.28. The van der Waals surface area contributed by atoms with Crippen LogP contribution < -0.4 is 9.47 Å². The van der Waals surface area contributed by atoms with Gasteiger partial charge in [-0.3, -0.25) is 15.1 Å². The molecule has 0 saturated heterocycles. The number of furan rings is 1. The normalized spacial score (nSPS) is 12.9. The maximum absolute atomic E-state index is 12.0. The monoisotopic (exact) mass is 378 g/mol. The fourth-order valence-corrected chi connectivity index (χ4v) is 3.51. The van der Waals surface area contributed by atoms with E-state index in [2.05, 4.69) is 4.99 Å². The number of fused-ring (bicyclic) bond motifs is 1.